The van der Waals surface area contributed by atoms with E-state index in [0.717, 1.165) is 28.8 Å². The van der Waals surface area contributed by atoms with Gasteiger partial charge in [-0.1, -0.05) is 18.2 Å². The molecule has 6 heteroatoms. The number of hydrogen-bond donors (Lipinski definition) is 1. The Morgan fingerprint density at radius 2 is 1.69 bits per heavy atom. The monoisotopic (exact) mass is 357 g/mol. The van der Waals surface area contributed by atoms with E-state index in [4.69, 9.17) is 14.2 Å². The molecule has 0 aliphatic heterocycles. The number of nitrogens with zero attached hydrogens (tertiary/aromatic N) is 2. The summed E-state index contributed by atoms with van der Waals surface area (Å²) < 4.78 is 16.3. The predicted molar refractivity (Wildman–Crippen MR) is 104 cm³/mol. The maximum absolute atomic E-state index is 5.72. The zero-order chi connectivity index (χ0) is 18.8. The van der Waals surface area contributed by atoms with Crippen LogP contribution in [0, 0.1) is 0 Å². The highest BCUT2D eigenvalue weighted by Gasteiger charge is 2.09. The third-order valence-electron chi connectivity index (χ3n) is 3.89. The van der Waals surface area contributed by atoms with E-state index in [0.29, 0.717) is 19.7 Å². The van der Waals surface area contributed by atoms with E-state index in [1.54, 1.807) is 21.3 Å². The summed E-state index contributed by atoms with van der Waals surface area (Å²) in [5.74, 6) is 3.30. The molecule has 0 atom stereocenters. The quantitative estimate of drug-likeness (QED) is 0.447. The van der Waals surface area contributed by atoms with Gasteiger partial charge in [-0.2, -0.15) is 0 Å². The predicted octanol–water partition coefficient (Wildman–Crippen LogP) is 2.79. The summed E-state index contributed by atoms with van der Waals surface area (Å²) in [5.41, 5.74) is 1.11. The Balaban J connectivity index is 1.80. The minimum absolute atomic E-state index is 0.536. The molecular formula is C20H27N3O3. The lowest BCUT2D eigenvalue weighted by atomic mass is 10.2. The molecule has 0 unspecified atom stereocenters. The van der Waals surface area contributed by atoms with Crippen molar-refractivity contribution in [1.82, 2.24) is 10.2 Å². The molecule has 0 spiro atoms. The van der Waals surface area contributed by atoms with Crippen molar-refractivity contribution in [3.63, 3.8) is 0 Å². The summed E-state index contributed by atoms with van der Waals surface area (Å²) in [4.78, 5) is 6.37. The number of aliphatic imine (C=N–C) groups is 1. The molecule has 0 aliphatic rings. The van der Waals surface area contributed by atoms with Crippen LogP contribution in [0.5, 0.6) is 17.2 Å². The first-order chi connectivity index (χ1) is 12.7. The third kappa shape index (κ3) is 5.58. The molecule has 2 aromatic carbocycles. The van der Waals surface area contributed by atoms with Gasteiger partial charge in [0.2, 0.25) is 0 Å². The van der Waals surface area contributed by atoms with Crippen LogP contribution in [0.1, 0.15) is 5.56 Å². The highest BCUT2D eigenvalue weighted by molar-refractivity contribution is 5.79. The first-order valence-corrected chi connectivity index (χ1v) is 8.48. The normalized spacial score (nSPS) is 11.0. The van der Waals surface area contributed by atoms with Gasteiger partial charge in [-0.05, 0) is 30.3 Å². The lowest BCUT2D eigenvalue weighted by molar-refractivity contribution is 0.318. The summed E-state index contributed by atoms with van der Waals surface area (Å²) in [5, 5.41) is 3.31. The van der Waals surface area contributed by atoms with Crippen LogP contribution in [0.3, 0.4) is 0 Å². The molecule has 2 aromatic rings. The number of nitrogens with one attached hydrogen (secondary N) is 1. The molecule has 0 radical (unpaired) electrons. The number of hydrogen-bond acceptors (Lipinski definition) is 4. The minimum Gasteiger partial charge on any atom is -0.497 e. The zero-order valence-corrected chi connectivity index (χ0v) is 15.9. The Hall–Kier alpha value is -2.89. The molecule has 0 saturated heterocycles. The second-order valence-electron chi connectivity index (χ2n) is 5.67. The fourth-order valence-electron chi connectivity index (χ4n) is 2.55. The van der Waals surface area contributed by atoms with Crippen molar-refractivity contribution in [1.29, 1.82) is 0 Å². The summed E-state index contributed by atoms with van der Waals surface area (Å²) in [7, 11) is 7.09. The van der Waals surface area contributed by atoms with Crippen LogP contribution < -0.4 is 19.5 Å². The van der Waals surface area contributed by atoms with E-state index in [9.17, 15) is 0 Å². The number of guanidine groups is 1. The van der Waals surface area contributed by atoms with Crippen LogP contribution in [0.2, 0.25) is 0 Å². The molecule has 2 rings (SSSR count). The van der Waals surface area contributed by atoms with Crippen LogP contribution in [-0.4, -0.2) is 52.3 Å². The van der Waals surface area contributed by atoms with Crippen LogP contribution in [0.25, 0.3) is 0 Å². The Labute approximate surface area is 155 Å². The van der Waals surface area contributed by atoms with Crippen molar-refractivity contribution in [2.24, 2.45) is 4.99 Å². The van der Waals surface area contributed by atoms with Crippen molar-refractivity contribution < 1.29 is 14.2 Å². The highest BCUT2D eigenvalue weighted by Crippen LogP contribution is 2.19. The molecule has 0 amide bonds. The molecule has 0 bridgehead atoms. The summed E-state index contributed by atoms with van der Waals surface area (Å²) >= 11 is 0. The van der Waals surface area contributed by atoms with Crippen LogP contribution in [0.15, 0.2) is 53.5 Å². The van der Waals surface area contributed by atoms with Crippen LogP contribution in [-0.2, 0) is 6.54 Å². The van der Waals surface area contributed by atoms with Crippen LogP contribution in [0.4, 0.5) is 0 Å². The minimum atomic E-state index is 0.536. The molecular weight excluding hydrogens is 330 g/mol. The topological polar surface area (TPSA) is 55.3 Å². The number of para-hydroxylation sites is 1. The van der Waals surface area contributed by atoms with Gasteiger partial charge in [0, 0.05) is 26.2 Å². The largest absolute Gasteiger partial charge is 0.497 e. The Morgan fingerprint density at radius 3 is 2.35 bits per heavy atom. The smallest absolute Gasteiger partial charge is 0.193 e. The number of rotatable bonds is 8. The van der Waals surface area contributed by atoms with Gasteiger partial charge in [-0.25, -0.2) is 0 Å². The lowest BCUT2D eigenvalue weighted by Gasteiger charge is -2.23. The average Bonchev–Trinajstić information content (AvgIpc) is 2.68. The van der Waals surface area contributed by atoms with E-state index in [1.807, 2.05) is 54.4 Å². The molecule has 0 fully saturated rings. The van der Waals surface area contributed by atoms with Gasteiger partial charge in [0.15, 0.2) is 5.96 Å². The SMILES string of the molecule is CN=C(NCCOc1ccc(OC)cc1)N(C)Cc1ccccc1OC. The number of ether oxygens (including phenoxy) is 3. The van der Waals surface area contributed by atoms with Gasteiger partial charge in [0.25, 0.3) is 0 Å². The lowest BCUT2D eigenvalue weighted by Crippen LogP contribution is -2.40. The van der Waals surface area contributed by atoms with Crippen molar-refractivity contribution in [2.75, 3.05) is 41.5 Å². The van der Waals surface area contributed by atoms with Gasteiger partial charge in [-0.3, -0.25) is 4.99 Å². The van der Waals surface area contributed by atoms with E-state index >= 15 is 0 Å². The fraction of sp³-hybridized carbons (Fsp3) is 0.350. The van der Waals surface area contributed by atoms with E-state index < -0.39 is 0 Å². The van der Waals surface area contributed by atoms with Crippen molar-refractivity contribution in [2.45, 2.75) is 6.54 Å². The van der Waals surface area contributed by atoms with Gasteiger partial charge in [0.1, 0.15) is 23.9 Å². The molecule has 140 valence electrons. The fourth-order valence-corrected chi connectivity index (χ4v) is 2.55. The molecule has 1 N–H and O–H groups in total. The standard InChI is InChI=1S/C20H27N3O3/c1-21-20(23(2)15-16-7-5-6-8-19(16)25-4)22-13-14-26-18-11-9-17(24-3)10-12-18/h5-12H,13-15H2,1-4H3,(H,21,22). The maximum Gasteiger partial charge on any atom is 0.193 e. The van der Waals surface area contributed by atoms with Crippen LogP contribution >= 0.6 is 0 Å². The first kappa shape index (κ1) is 19.4. The summed E-state index contributed by atoms with van der Waals surface area (Å²) in [6.07, 6.45) is 0. The Bertz CT molecular complexity index is 702. The molecule has 0 saturated carbocycles. The maximum atomic E-state index is 5.72. The number of methoxy groups -OCH3 is 2. The molecule has 6 nitrogen and oxygen atoms in total. The molecule has 0 aliphatic carbocycles. The molecule has 0 aromatic heterocycles. The molecule has 0 heterocycles. The molecule has 26 heavy (non-hydrogen) atoms. The van der Waals surface area contributed by atoms with Crippen molar-refractivity contribution >= 4 is 5.96 Å². The van der Waals surface area contributed by atoms with Crippen molar-refractivity contribution in [3.8, 4) is 17.2 Å². The average molecular weight is 357 g/mol. The van der Waals surface area contributed by atoms with Gasteiger partial charge < -0.3 is 24.4 Å². The van der Waals surface area contributed by atoms with Crippen molar-refractivity contribution in [3.05, 3.63) is 54.1 Å². The Kier molecular flexibility index (Phi) is 7.61. The first-order valence-electron chi connectivity index (χ1n) is 8.48. The third-order valence-corrected chi connectivity index (χ3v) is 3.89. The Morgan fingerprint density at radius 1 is 1.00 bits per heavy atom. The second-order valence-corrected chi connectivity index (χ2v) is 5.67. The summed E-state index contributed by atoms with van der Waals surface area (Å²) in [6, 6.07) is 15.5. The van der Waals surface area contributed by atoms with E-state index in [2.05, 4.69) is 16.4 Å². The van der Waals surface area contributed by atoms with E-state index in [-0.39, 0.29) is 0 Å². The highest BCUT2D eigenvalue weighted by atomic mass is 16.5. The van der Waals surface area contributed by atoms with E-state index in [1.165, 1.54) is 0 Å². The number of benzene rings is 2. The van der Waals surface area contributed by atoms with Gasteiger partial charge in [0.05, 0.1) is 20.8 Å². The van der Waals surface area contributed by atoms with Gasteiger partial charge >= 0.3 is 0 Å². The summed E-state index contributed by atoms with van der Waals surface area (Å²) in [6.45, 7) is 1.88. The second kappa shape index (κ2) is 10.2. The zero-order valence-electron chi connectivity index (χ0n) is 15.9. The van der Waals surface area contributed by atoms with Gasteiger partial charge in [-0.15, -0.1) is 0 Å².